The molecule has 0 radical (unpaired) electrons. The molecule has 2 aromatic heterocycles. The molecule has 2 N–H and O–H groups in total. The number of nitrogens with two attached hydrogens (primary N) is 1. The van der Waals surface area contributed by atoms with Crippen LogP contribution in [0.5, 0.6) is 0 Å². The van der Waals surface area contributed by atoms with E-state index in [0.717, 1.165) is 0 Å². The first-order valence-corrected chi connectivity index (χ1v) is 8.73. The molecule has 3 aromatic rings. The van der Waals surface area contributed by atoms with E-state index in [0.29, 0.717) is 45.5 Å². The van der Waals surface area contributed by atoms with E-state index in [4.69, 9.17) is 22.1 Å². The van der Waals surface area contributed by atoms with Crippen molar-refractivity contribution >= 4 is 23.2 Å². The zero-order valence-corrected chi connectivity index (χ0v) is 15.8. The second-order valence-corrected chi connectivity index (χ2v) is 6.28. The lowest BCUT2D eigenvalue weighted by atomic mass is 10.0. The van der Waals surface area contributed by atoms with Gasteiger partial charge in [-0.15, -0.1) is 0 Å². The molecule has 0 unspecified atom stereocenters. The average Bonchev–Trinajstić information content (AvgIpc) is 2.65. The molecular formula is C20H19ClN4O2. The van der Waals surface area contributed by atoms with E-state index >= 15 is 0 Å². The smallest absolute Gasteiger partial charge is 0.261 e. The molecule has 0 bridgehead atoms. The Morgan fingerprint density at radius 1 is 1.26 bits per heavy atom. The van der Waals surface area contributed by atoms with Gasteiger partial charge >= 0.3 is 0 Å². The van der Waals surface area contributed by atoms with Gasteiger partial charge in [-0.3, -0.25) is 9.36 Å². The van der Waals surface area contributed by atoms with Crippen molar-refractivity contribution in [2.24, 2.45) is 0 Å². The van der Waals surface area contributed by atoms with Crippen LogP contribution in [-0.4, -0.2) is 21.1 Å². The maximum atomic E-state index is 12.9. The summed E-state index contributed by atoms with van der Waals surface area (Å²) in [6.45, 7) is 7.97. The molecule has 138 valence electrons. The first-order chi connectivity index (χ1) is 12.9. The van der Waals surface area contributed by atoms with Crippen molar-refractivity contribution < 1.29 is 4.74 Å². The highest BCUT2D eigenvalue weighted by Crippen LogP contribution is 2.32. The second-order valence-electron chi connectivity index (χ2n) is 5.84. The van der Waals surface area contributed by atoms with Crippen molar-refractivity contribution in [3.63, 3.8) is 0 Å². The molecule has 0 aliphatic rings. The van der Waals surface area contributed by atoms with Gasteiger partial charge in [0.25, 0.3) is 5.56 Å². The van der Waals surface area contributed by atoms with Crippen molar-refractivity contribution in [3.05, 3.63) is 75.9 Å². The van der Waals surface area contributed by atoms with Gasteiger partial charge in [0, 0.05) is 22.3 Å². The van der Waals surface area contributed by atoms with Crippen LogP contribution in [0.15, 0.2) is 54.2 Å². The molecule has 0 fully saturated rings. The highest BCUT2D eigenvalue weighted by atomic mass is 35.5. The monoisotopic (exact) mass is 382 g/mol. The van der Waals surface area contributed by atoms with E-state index in [2.05, 4.69) is 16.5 Å². The molecule has 2 heterocycles. The molecule has 3 rings (SSSR count). The van der Waals surface area contributed by atoms with Crippen LogP contribution in [0.3, 0.4) is 0 Å². The summed E-state index contributed by atoms with van der Waals surface area (Å²) in [5.74, 6) is 0.706. The SMILES string of the molecule is C=C(OCC)c1ccnc(N)c1-c1ncn(-c2ccc(Cl)cc2)c(=O)c1C. The van der Waals surface area contributed by atoms with E-state index in [-0.39, 0.29) is 11.4 Å². The normalized spacial score (nSPS) is 10.6. The Balaban J connectivity index is 2.18. The zero-order valence-electron chi connectivity index (χ0n) is 15.1. The molecule has 0 aliphatic carbocycles. The lowest BCUT2D eigenvalue weighted by molar-refractivity contribution is 0.299. The van der Waals surface area contributed by atoms with Gasteiger partial charge in [0.1, 0.15) is 17.9 Å². The Morgan fingerprint density at radius 2 is 1.96 bits per heavy atom. The van der Waals surface area contributed by atoms with E-state index in [1.165, 1.54) is 10.9 Å². The van der Waals surface area contributed by atoms with Gasteiger partial charge < -0.3 is 10.5 Å². The number of rotatable bonds is 5. The lowest BCUT2D eigenvalue weighted by Crippen LogP contribution is -2.22. The summed E-state index contributed by atoms with van der Waals surface area (Å²) in [5, 5.41) is 0.593. The molecule has 0 atom stereocenters. The molecule has 1 aromatic carbocycles. The minimum atomic E-state index is -0.210. The standard InChI is InChI=1S/C20H19ClN4O2/c1-4-27-13(3)16-9-10-23-19(22)17(16)18-12(2)20(26)25(11-24-18)15-7-5-14(21)6-8-15/h5-11H,3-4H2,1-2H3,(H2,22,23). The number of hydrogen-bond donors (Lipinski definition) is 1. The minimum Gasteiger partial charge on any atom is -0.494 e. The van der Waals surface area contributed by atoms with Crippen LogP contribution in [-0.2, 0) is 4.74 Å². The summed E-state index contributed by atoms with van der Waals surface area (Å²) in [5.41, 5.74) is 8.65. The molecule has 0 amide bonds. The third-order valence-electron chi connectivity index (χ3n) is 4.14. The van der Waals surface area contributed by atoms with Gasteiger partial charge in [-0.1, -0.05) is 18.2 Å². The quantitative estimate of drug-likeness (QED) is 0.678. The summed E-state index contributed by atoms with van der Waals surface area (Å²) in [6.07, 6.45) is 3.04. The van der Waals surface area contributed by atoms with Crippen molar-refractivity contribution in [1.29, 1.82) is 0 Å². The second kappa shape index (κ2) is 7.63. The van der Waals surface area contributed by atoms with E-state index < -0.39 is 0 Å². The summed E-state index contributed by atoms with van der Waals surface area (Å²) < 4.78 is 6.98. The topological polar surface area (TPSA) is 83.0 Å². The van der Waals surface area contributed by atoms with Crippen LogP contribution >= 0.6 is 11.6 Å². The molecule has 7 heteroatoms. The predicted octanol–water partition coefficient (Wildman–Crippen LogP) is 3.85. The van der Waals surface area contributed by atoms with Crippen LogP contribution in [0.25, 0.3) is 22.7 Å². The Labute approximate surface area is 161 Å². The van der Waals surface area contributed by atoms with Gasteiger partial charge in [-0.05, 0) is 44.2 Å². The maximum absolute atomic E-state index is 12.9. The van der Waals surface area contributed by atoms with E-state index in [1.807, 2.05) is 6.92 Å². The number of halogens is 1. The van der Waals surface area contributed by atoms with Gasteiger partial charge in [0.15, 0.2) is 0 Å². The minimum absolute atomic E-state index is 0.210. The fraction of sp³-hybridized carbons (Fsp3) is 0.150. The third-order valence-corrected chi connectivity index (χ3v) is 4.39. The molecule has 27 heavy (non-hydrogen) atoms. The Kier molecular flexibility index (Phi) is 5.28. The average molecular weight is 383 g/mol. The van der Waals surface area contributed by atoms with Crippen LogP contribution in [0.1, 0.15) is 18.1 Å². The summed E-state index contributed by atoms with van der Waals surface area (Å²) in [6, 6.07) is 8.69. The van der Waals surface area contributed by atoms with E-state index in [1.54, 1.807) is 43.5 Å². The molecule has 0 spiro atoms. The number of benzene rings is 1. The lowest BCUT2D eigenvalue weighted by Gasteiger charge is -2.16. The van der Waals surface area contributed by atoms with Gasteiger partial charge in [0.2, 0.25) is 0 Å². The van der Waals surface area contributed by atoms with Crippen LogP contribution < -0.4 is 11.3 Å². The number of pyridine rings is 1. The first-order valence-electron chi connectivity index (χ1n) is 8.35. The number of ether oxygens (including phenoxy) is 1. The number of hydrogen-bond acceptors (Lipinski definition) is 5. The highest BCUT2D eigenvalue weighted by molar-refractivity contribution is 6.30. The van der Waals surface area contributed by atoms with Gasteiger partial charge in [0.05, 0.1) is 23.6 Å². The van der Waals surface area contributed by atoms with Crippen molar-refractivity contribution in [3.8, 4) is 16.9 Å². The Bertz CT molecular complexity index is 1060. The largest absolute Gasteiger partial charge is 0.494 e. The zero-order chi connectivity index (χ0) is 19.6. The van der Waals surface area contributed by atoms with E-state index in [9.17, 15) is 4.79 Å². The fourth-order valence-electron chi connectivity index (χ4n) is 2.80. The third kappa shape index (κ3) is 3.57. The molecule has 6 nitrogen and oxygen atoms in total. The molecular weight excluding hydrogens is 364 g/mol. The number of aromatic nitrogens is 3. The summed E-state index contributed by atoms with van der Waals surface area (Å²) in [7, 11) is 0. The van der Waals surface area contributed by atoms with Crippen LogP contribution in [0, 0.1) is 6.92 Å². The van der Waals surface area contributed by atoms with Gasteiger partial charge in [-0.2, -0.15) is 0 Å². The molecule has 0 saturated heterocycles. The summed E-state index contributed by atoms with van der Waals surface area (Å²) >= 11 is 5.92. The van der Waals surface area contributed by atoms with Crippen molar-refractivity contribution in [2.45, 2.75) is 13.8 Å². The highest BCUT2D eigenvalue weighted by Gasteiger charge is 2.19. The van der Waals surface area contributed by atoms with Gasteiger partial charge in [-0.25, -0.2) is 9.97 Å². The fourth-order valence-corrected chi connectivity index (χ4v) is 2.92. The van der Waals surface area contributed by atoms with Crippen molar-refractivity contribution in [2.75, 3.05) is 12.3 Å². The maximum Gasteiger partial charge on any atom is 0.261 e. The first kappa shape index (κ1) is 18.7. The number of nitrogen functional groups attached to an aromatic ring is 1. The Morgan fingerprint density at radius 3 is 2.63 bits per heavy atom. The van der Waals surface area contributed by atoms with Crippen LogP contribution in [0.2, 0.25) is 5.02 Å². The molecule has 0 aliphatic heterocycles. The summed E-state index contributed by atoms with van der Waals surface area (Å²) in [4.78, 5) is 21.6. The molecule has 0 saturated carbocycles. The number of anilines is 1. The predicted molar refractivity (Wildman–Crippen MR) is 108 cm³/mol. The van der Waals surface area contributed by atoms with Crippen molar-refractivity contribution in [1.82, 2.24) is 14.5 Å². The number of nitrogens with zero attached hydrogens (tertiary/aromatic N) is 3. The Hall–Kier alpha value is -3.12. The van der Waals surface area contributed by atoms with Crippen LogP contribution in [0.4, 0.5) is 5.82 Å².